The van der Waals surface area contributed by atoms with Gasteiger partial charge in [-0.1, -0.05) is 29.8 Å². The van der Waals surface area contributed by atoms with Gasteiger partial charge in [0.25, 0.3) is 0 Å². The molecule has 100 valence electrons. The number of halogens is 1. The van der Waals surface area contributed by atoms with Crippen molar-refractivity contribution >= 4 is 17.4 Å². The Morgan fingerprint density at radius 2 is 1.95 bits per heavy atom. The van der Waals surface area contributed by atoms with E-state index in [1.165, 1.54) is 5.56 Å². The highest BCUT2D eigenvalue weighted by Crippen LogP contribution is 2.15. The molecule has 0 aliphatic rings. The number of nitrogens with two attached hydrogens (primary N) is 1. The highest BCUT2D eigenvalue weighted by atomic mass is 35.5. The lowest BCUT2D eigenvalue weighted by atomic mass is 9.99. The molecule has 3 nitrogen and oxygen atoms in total. The first-order valence-corrected chi connectivity index (χ1v) is 6.68. The van der Waals surface area contributed by atoms with Crippen LogP contribution in [0.4, 0.5) is 5.82 Å². The zero-order valence-corrected chi connectivity index (χ0v) is 11.7. The molecule has 4 heteroatoms. The summed E-state index contributed by atoms with van der Waals surface area (Å²) < 4.78 is 0. The van der Waals surface area contributed by atoms with Gasteiger partial charge in [0.1, 0.15) is 5.82 Å². The lowest BCUT2D eigenvalue weighted by Gasteiger charge is -2.17. The molecule has 19 heavy (non-hydrogen) atoms. The number of hydrogen-bond acceptors (Lipinski definition) is 3. The second-order valence-electron chi connectivity index (χ2n) is 4.57. The maximum atomic E-state index is 5.89. The zero-order chi connectivity index (χ0) is 13.7. The number of benzene rings is 1. The van der Waals surface area contributed by atoms with Crippen LogP contribution in [0.25, 0.3) is 0 Å². The van der Waals surface area contributed by atoms with Gasteiger partial charge in [0.05, 0.1) is 0 Å². The summed E-state index contributed by atoms with van der Waals surface area (Å²) in [5.41, 5.74) is 8.22. The van der Waals surface area contributed by atoms with E-state index in [4.69, 9.17) is 17.3 Å². The van der Waals surface area contributed by atoms with E-state index in [0.29, 0.717) is 11.9 Å². The molecule has 2 aromatic rings. The van der Waals surface area contributed by atoms with Crippen molar-refractivity contribution in [2.24, 2.45) is 0 Å². The molecular formula is C15H18ClN3. The average molecular weight is 276 g/mol. The molecule has 0 amide bonds. The van der Waals surface area contributed by atoms with E-state index < -0.39 is 0 Å². The van der Waals surface area contributed by atoms with E-state index in [1.54, 1.807) is 6.20 Å². The molecule has 2 rings (SSSR count). The molecule has 0 fully saturated rings. The fraction of sp³-hybridized carbons (Fsp3) is 0.267. The predicted octanol–water partition coefficient (Wildman–Crippen LogP) is 2.69. The maximum absolute atomic E-state index is 5.89. The van der Waals surface area contributed by atoms with Gasteiger partial charge in [0.15, 0.2) is 0 Å². The van der Waals surface area contributed by atoms with Crippen LogP contribution in [0.2, 0.25) is 5.02 Å². The van der Waals surface area contributed by atoms with Crippen LogP contribution in [0.1, 0.15) is 11.1 Å². The Labute approximate surface area is 118 Å². The minimum absolute atomic E-state index is 0.327. The third-order valence-corrected chi connectivity index (χ3v) is 3.45. The van der Waals surface area contributed by atoms with Gasteiger partial charge in [-0.3, -0.25) is 0 Å². The van der Waals surface area contributed by atoms with E-state index in [9.17, 15) is 0 Å². The normalized spacial score (nSPS) is 12.3. The van der Waals surface area contributed by atoms with Gasteiger partial charge in [-0.2, -0.15) is 0 Å². The number of likely N-dealkylation sites (N-methyl/N-ethyl adjacent to an activating group) is 1. The van der Waals surface area contributed by atoms with Crippen LogP contribution in [0.15, 0.2) is 42.6 Å². The van der Waals surface area contributed by atoms with Gasteiger partial charge >= 0.3 is 0 Å². The maximum Gasteiger partial charge on any atom is 0.126 e. The Balaban J connectivity index is 2.05. The second kappa shape index (κ2) is 6.55. The Bertz CT molecular complexity index is 525. The lowest BCUT2D eigenvalue weighted by molar-refractivity contribution is 0.556. The number of rotatable bonds is 5. The van der Waals surface area contributed by atoms with Crippen LogP contribution in [0, 0.1) is 0 Å². The van der Waals surface area contributed by atoms with Crippen LogP contribution in [-0.4, -0.2) is 18.1 Å². The number of nitrogens with one attached hydrogen (secondary N) is 1. The minimum Gasteiger partial charge on any atom is -0.383 e. The van der Waals surface area contributed by atoms with Crippen molar-refractivity contribution < 1.29 is 0 Å². The molecule has 1 aromatic heterocycles. The zero-order valence-electron chi connectivity index (χ0n) is 10.9. The highest BCUT2D eigenvalue weighted by Gasteiger charge is 2.10. The molecule has 0 saturated carbocycles. The molecule has 1 atom stereocenters. The topological polar surface area (TPSA) is 50.9 Å². The first kappa shape index (κ1) is 13.8. The number of aromatic nitrogens is 1. The van der Waals surface area contributed by atoms with Crippen molar-refractivity contribution in [2.45, 2.75) is 18.9 Å². The van der Waals surface area contributed by atoms with Crippen molar-refractivity contribution in [2.75, 3.05) is 12.8 Å². The number of nitrogen functional groups attached to an aromatic ring is 1. The SMILES string of the molecule is CNC(Cc1ccc(Cl)cc1)Cc1cccnc1N. The van der Waals surface area contributed by atoms with Crippen LogP contribution in [0.5, 0.6) is 0 Å². The molecule has 0 aliphatic heterocycles. The Morgan fingerprint density at radius 1 is 1.21 bits per heavy atom. The summed E-state index contributed by atoms with van der Waals surface area (Å²) in [5.74, 6) is 0.610. The smallest absolute Gasteiger partial charge is 0.126 e. The summed E-state index contributed by atoms with van der Waals surface area (Å²) in [7, 11) is 1.97. The number of nitrogens with zero attached hydrogens (tertiary/aromatic N) is 1. The van der Waals surface area contributed by atoms with Crippen molar-refractivity contribution in [1.82, 2.24) is 10.3 Å². The molecule has 1 heterocycles. The number of anilines is 1. The Kier molecular flexibility index (Phi) is 4.77. The quantitative estimate of drug-likeness (QED) is 0.882. The van der Waals surface area contributed by atoms with Gasteiger partial charge in [0.2, 0.25) is 0 Å². The summed E-state index contributed by atoms with van der Waals surface area (Å²) in [6.45, 7) is 0. The molecule has 1 unspecified atom stereocenters. The van der Waals surface area contributed by atoms with Gasteiger partial charge in [-0.15, -0.1) is 0 Å². The molecule has 1 aromatic carbocycles. The van der Waals surface area contributed by atoms with Gasteiger partial charge < -0.3 is 11.1 Å². The van der Waals surface area contributed by atoms with E-state index in [0.717, 1.165) is 23.4 Å². The monoisotopic (exact) mass is 275 g/mol. The predicted molar refractivity (Wildman–Crippen MR) is 80.4 cm³/mol. The summed E-state index contributed by atoms with van der Waals surface area (Å²) >= 11 is 5.89. The summed E-state index contributed by atoms with van der Waals surface area (Å²) in [5, 5.41) is 4.09. The van der Waals surface area contributed by atoms with Crippen molar-refractivity contribution in [3.05, 3.63) is 58.7 Å². The van der Waals surface area contributed by atoms with E-state index in [2.05, 4.69) is 22.4 Å². The van der Waals surface area contributed by atoms with Crippen molar-refractivity contribution in [1.29, 1.82) is 0 Å². The summed E-state index contributed by atoms with van der Waals surface area (Å²) in [6, 6.07) is 12.2. The summed E-state index contributed by atoms with van der Waals surface area (Å²) in [6.07, 6.45) is 3.51. The van der Waals surface area contributed by atoms with Gasteiger partial charge in [-0.25, -0.2) is 4.98 Å². The second-order valence-corrected chi connectivity index (χ2v) is 5.00. The molecule has 0 spiro atoms. The van der Waals surface area contributed by atoms with Crippen LogP contribution in [0.3, 0.4) is 0 Å². The Morgan fingerprint density at radius 3 is 2.58 bits per heavy atom. The molecular weight excluding hydrogens is 258 g/mol. The number of hydrogen-bond donors (Lipinski definition) is 2. The van der Waals surface area contributed by atoms with Crippen molar-refractivity contribution in [3.63, 3.8) is 0 Å². The van der Waals surface area contributed by atoms with Gasteiger partial charge in [-0.05, 0) is 49.2 Å². The van der Waals surface area contributed by atoms with E-state index in [1.807, 2.05) is 31.3 Å². The van der Waals surface area contributed by atoms with Crippen LogP contribution >= 0.6 is 11.6 Å². The fourth-order valence-electron chi connectivity index (χ4n) is 2.07. The molecule has 0 saturated heterocycles. The van der Waals surface area contributed by atoms with Crippen LogP contribution < -0.4 is 11.1 Å². The standard InChI is InChI=1S/C15H18ClN3/c1-18-14(9-11-4-6-13(16)7-5-11)10-12-3-2-8-19-15(12)17/h2-8,14,18H,9-10H2,1H3,(H2,17,19). The van der Waals surface area contributed by atoms with Gasteiger partial charge in [0, 0.05) is 17.3 Å². The molecule has 0 aliphatic carbocycles. The van der Waals surface area contributed by atoms with Crippen LogP contribution in [-0.2, 0) is 12.8 Å². The van der Waals surface area contributed by atoms with Crippen molar-refractivity contribution in [3.8, 4) is 0 Å². The lowest BCUT2D eigenvalue weighted by Crippen LogP contribution is -2.30. The first-order valence-electron chi connectivity index (χ1n) is 6.30. The molecule has 0 bridgehead atoms. The summed E-state index contributed by atoms with van der Waals surface area (Å²) in [4.78, 5) is 4.12. The highest BCUT2D eigenvalue weighted by molar-refractivity contribution is 6.30. The first-order chi connectivity index (χ1) is 9.19. The largest absolute Gasteiger partial charge is 0.383 e. The third-order valence-electron chi connectivity index (χ3n) is 3.20. The minimum atomic E-state index is 0.327. The fourth-order valence-corrected chi connectivity index (χ4v) is 2.20. The Hall–Kier alpha value is -1.58. The van der Waals surface area contributed by atoms with E-state index >= 15 is 0 Å². The third kappa shape index (κ3) is 3.94. The number of pyridine rings is 1. The molecule has 0 radical (unpaired) electrons. The van der Waals surface area contributed by atoms with E-state index in [-0.39, 0.29) is 0 Å². The molecule has 3 N–H and O–H groups in total. The average Bonchev–Trinajstić information content (AvgIpc) is 2.43.